The second-order valence-corrected chi connectivity index (χ2v) is 8.29. The minimum absolute atomic E-state index is 0.0396. The van der Waals surface area contributed by atoms with Gasteiger partial charge in [0.15, 0.2) is 0 Å². The Bertz CT molecular complexity index is 615. The van der Waals surface area contributed by atoms with Crippen LogP contribution in [0.2, 0.25) is 0 Å². The van der Waals surface area contributed by atoms with Crippen LogP contribution in [-0.4, -0.2) is 65.2 Å². The fourth-order valence-corrected chi connectivity index (χ4v) is 4.33. The lowest BCUT2D eigenvalue weighted by molar-refractivity contribution is -0.118. The molecule has 2 saturated heterocycles. The number of hydrogen-bond acceptors (Lipinski definition) is 5. The highest BCUT2D eigenvalue weighted by Gasteiger charge is 2.16. The van der Waals surface area contributed by atoms with E-state index in [0.29, 0.717) is 12.3 Å². The van der Waals surface area contributed by atoms with Gasteiger partial charge in [-0.1, -0.05) is 48.2 Å². The Hall–Kier alpha value is -1.15. The van der Waals surface area contributed by atoms with E-state index in [1.54, 1.807) is 0 Å². The lowest BCUT2D eigenvalue weighted by atomic mass is 10.1. The van der Waals surface area contributed by atoms with Gasteiger partial charge in [0.2, 0.25) is 5.91 Å². The number of amides is 1. The highest BCUT2D eigenvalue weighted by molar-refractivity contribution is 8.23. The molecule has 0 unspecified atom stereocenters. The second kappa shape index (κ2) is 10.3. The van der Waals surface area contributed by atoms with Crippen molar-refractivity contribution >= 4 is 34.2 Å². The van der Waals surface area contributed by atoms with Gasteiger partial charge in [-0.05, 0) is 24.0 Å². The smallest absolute Gasteiger partial charge is 0.230 e. The van der Waals surface area contributed by atoms with Crippen molar-refractivity contribution in [3.05, 3.63) is 35.4 Å². The molecule has 1 aromatic carbocycles. The number of carbonyl (C=O) groups excluding carboxylic acids is 1. The van der Waals surface area contributed by atoms with Crippen LogP contribution in [0.3, 0.4) is 0 Å². The lowest BCUT2D eigenvalue weighted by Gasteiger charge is -2.27. The number of nitrogens with one attached hydrogen (secondary N) is 1. The fraction of sp³-hybridized carbons (Fsp3) is 0.579. The van der Waals surface area contributed by atoms with E-state index in [-0.39, 0.29) is 5.91 Å². The molecule has 142 valence electrons. The van der Waals surface area contributed by atoms with Gasteiger partial charge in [0.05, 0.1) is 19.0 Å². The molecule has 0 bridgehead atoms. The monoisotopic (exact) mass is 393 g/mol. The van der Waals surface area contributed by atoms with E-state index in [0.717, 1.165) is 50.3 Å². The van der Waals surface area contributed by atoms with Gasteiger partial charge in [-0.25, -0.2) is 0 Å². The summed E-state index contributed by atoms with van der Waals surface area (Å²) < 4.78 is 6.27. The summed E-state index contributed by atoms with van der Waals surface area (Å²) in [5, 5.41) is 3.04. The number of thioether (sulfide) groups is 1. The summed E-state index contributed by atoms with van der Waals surface area (Å²) in [6.45, 7) is 7.06. The molecule has 0 spiro atoms. The number of carbonyl (C=O) groups is 1. The van der Waals surface area contributed by atoms with Gasteiger partial charge in [-0.15, -0.1) is 0 Å². The van der Waals surface area contributed by atoms with Crippen LogP contribution in [0.4, 0.5) is 0 Å². The zero-order valence-electron chi connectivity index (χ0n) is 15.1. The summed E-state index contributed by atoms with van der Waals surface area (Å²) in [6.07, 6.45) is 2.40. The van der Waals surface area contributed by atoms with Crippen molar-refractivity contribution in [2.24, 2.45) is 0 Å². The van der Waals surface area contributed by atoms with Crippen LogP contribution >= 0.6 is 24.0 Å². The first-order valence-corrected chi connectivity index (χ1v) is 10.7. The minimum atomic E-state index is 0.0396. The molecule has 2 heterocycles. The third-order valence-electron chi connectivity index (χ3n) is 4.78. The van der Waals surface area contributed by atoms with Crippen molar-refractivity contribution in [2.45, 2.75) is 25.9 Å². The normalized spacial score (nSPS) is 18.1. The number of hydrogen-bond donors (Lipinski definition) is 1. The van der Waals surface area contributed by atoms with Gasteiger partial charge in [-0.2, -0.15) is 0 Å². The number of morpholine rings is 1. The number of nitrogens with zero attached hydrogens (tertiary/aromatic N) is 2. The highest BCUT2D eigenvalue weighted by atomic mass is 32.2. The van der Waals surface area contributed by atoms with E-state index in [9.17, 15) is 4.79 Å². The van der Waals surface area contributed by atoms with Crippen molar-refractivity contribution in [1.82, 2.24) is 15.1 Å². The zero-order chi connectivity index (χ0) is 18.2. The molecule has 3 rings (SSSR count). The molecule has 0 aromatic heterocycles. The van der Waals surface area contributed by atoms with E-state index in [2.05, 4.69) is 33.3 Å². The van der Waals surface area contributed by atoms with Gasteiger partial charge >= 0.3 is 0 Å². The quantitative estimate of drug-likeness (QED) is 0.748. The summed E-state index contributed by atoms with van der Waals surface area (Å²) in [4.78, 5) is 16.8. The van der Waals surface area contributed by atoms with Crippen molar-refractivity contribution in [3.63, 3.8) is 0 Å². The SMILES string of the molecule is O=C(CSC(=S)N1CCCC1)NCc1ccccc1CN1CCOCC1. The summed E-state index contributed by atoms with van der Waals surface area (Å²) in [5.41, 5.74) is 2.45. The first-order valence-electron chi connectivity index (χ1n) is 9.27. The van der Waals surface area contributed by atoms with Gasteiger partial charge in [0.1, 0.15) is 4.32 Å². The van der Waals surface area contributed by atoms with Crippen LogP contribution in [0.1, 0.15) is 24.0 Å². The van der Waals surface area contributed by atoms with E-state index in [1.165, 1.54) is 35.7 Å². The molecule has 26 heavy (non-hydrogen) atoms. The molecule has 0 aliphatic carbocycles. The van der Waals surface area contributed by atoms with Crippen LogP contribution in [0, 0.1) is 0 Å². The van der Waals surface area contributed by atoms with Gasteiger partial charge < -0.3 is 15.0 Å². The van der Waals surface area contributed by atoms with E-state index < -0.39 is 0 Å². The first-order chi connectivity index (χ1) is 12.7. The Morgan fingerprint density at radius 1 is 1.12 bits per heavy atom. The maximum Gasteiger partial charge on any atom is 0.230 e. The van der Waals surface area contributed by atoms with E-state index >= 15 is 0 Å². The molecule has 7 heteroatoms. The average Bonchev–Trinajstić information content (AvgIpc) is 3.21. The predicted octanol–water partition coefficient (Wildman–Crippen LogP) is 2.25. The third kappa shape index (κ3) is 5.94. The van der Waals surface area contributed by atoms with Gasteiger partial charge in [0, 0.05) is 39.3 Å². The summed E-state index contributed by atoms with van der Waals surface area (Å²) >= 11 is 6.89. The molecule has 5 nitrogen and oxygen atoms in total. The van der Waals surface area contributed by atoms with Crippen molar-refractivity contribution < 1.29 is 9.53 Å². The van der Waals surface area contributed by atoms with Crippen molar-refractivity contribution in [3.8, 4) is 0 Å². The number of ether oxygens (including phenoxy) is 1. The molecule has 2 aliphatic heterocycles. The number of thiocarbonyl (C=S) groups is 1. The van der Waals surface area contributed by atoms with E-state index in [1.807, 2.05) is 6.07 Å². The maximum absolute atomic E-state index is 12.2. The van der Waals surface area contributed by atoms with Gasteiger partial charge in [0.25, 0.3) is 0 Å². The maximum atomic E-state index is 12.2. The largest absolute Gasteiger partial charge is 0.379 e. The molecular formula is C19H27N3O2S2. The number of rotatable bonds is 6. The molecular weight excluding hydrogens is 366 g/mol. The molecule has 0 radical (unpaired) electrons. The van der Waals surface area contributed by atoms with Crippen molar-refractivity contribution in [1.29, 1.82) is 0 Å². The molecule has 2 fully saturated rings. The molecule has 0 atom stereocenters. The van der Waals surface area contributed by atoms with Gasteiger partial charge in [-0.3, -0.25) is 9.69 Å². The number of benzene rings is 1. The fourth-order valence-electron chi connectivity index (χ4n) is 3.25. The molecule has 0 saturated carbocycles. The van der Waals surface area contributed by atoms with Crippen LogP contribution in [0.5, 0.6) is 0 Å². The van der Waals surface area contributed by atoms with Crippen LogP contribution < -0.4 is 5.32 Å². The Labute approximate surface area is 165 Å². The molecule has 1 amide bonds. The first kappa shape index (κ1) is 19.6. The number of likely N-dealkylation sites (tertiary alicyclic amines) is 1. The predicted molar refractivity (Wildman–Crippen MR) is 110 cm³/mol. The van der Waals surface area contributed by atoms with Crippen molar-refractivity contribution in [2.75, 3.05) is 45.1 Å². The molecule has 1 aromatic rings. The standard InChI is InChI=1S/C19H27N3O2S2/c23-18(15-26-19(25)22-7-3-4-8-22)20-13-16-5-1-2-6-17(16)14-21-9-11-24-12-10-21/h1-2,5-6H,3-4,7-15H2,(H,20,23). The highest BCUT2D eigenvalue weighted by Crippen LogP contribution is 2.16. The molecule has 2 aliphatic rings. The zero-order valence-corrected chi connectivity index (χ0v) is 16.7. The minimum Gasteiger partial charge on any atom is -0.379 e. The Kier molecular flexibility index (Phi) is 7.73. The van der Waals surface area contributed by atoms with Crippen LogP contribution in [0.25, 0.3) is 0 Å². The van der Waals surface area contributed by atoms with Crippen LogP contribution in [0.15, 0.2) is 24.3 Å². The Balaban J connectivity index is 1.44. The average molecular weight is 394 g/mol. The summed E-state index contributed by atoms with van der Waals surface area (Å²) in [5.74, 6) is 0.429. The lowest BCUT2D eigenvalue weighted by Crippen LogP contribution is -2.36. The molecule has 1 N–H and O–H groups in total. The topological polar surface area (TPSA) is 44.8 Å². The van der Waals surface area contributed by atoms with Crippen LogP contribution in [-0.2, 0) is 22.6 Å². The Morgan fingerprint density at radius 3 is 2.54 bits per heavy atom. The Morgan fingerprint density at radius 2 is 1.81 bits per heavy atom. The third-order valence-corrected chi connectivity index (χ3v) is 6.31. The summed E-state index contributed by atoms with van der Waals surface area (Å²) in [6, 6.07) is 8.33. The summed E-state index contributed by atoms with van der Waals surface area (Å²) in [7, 11) is 0. The second-order valence-electron chi connectivity index (χ2n) is 6.68. The van der Waals surface area contributed by atoms with E-state index in [4.69, 9.17) is 17.0 Å².